The summed E-state index contributed by atoms with van der Waals surface area (Å²) >= 11 is 1.27. The molecule has 0 radical (unpaired) electrons. The van der Waals surface area contributed by atoms with E-state index in [4.69, 9.17) is 5.73 Å². The molecule has 0 aliphatic heterocycles. The van der Waals surface area contributed by atoms with Gasteiger partial charge in [0.1, 0.15) is 10.7 Å². The smallest absolute Gasteiger partial charge is 0.265 e. The molecule has 1 aromatic rings. The molecule has 1 aliphatic carbocycles. The molecule has 1 aliphatic rings. The molecule has 8 heteroatoms. The molecule has 106 valence electrons. The Morgan fingerprint density at radius 3 is 2.89 bits per heavy atom. The first-order valence-electron chi connectivity index (χ1n) is 6.17. The van der Waals surface area contributed by atoms with Crippen molar-refractivity contribution in [3.05, 3.63) is 4.88 Å². The Labute approximate surface area is 118 Å². The van der Waals surface area contributed by atoms with Crippen LogP contribution in [-0.4, -0.2) is 39.7 Å². The molecular formula is C11H18N4O2S2. The minimum absolute atomic E-state index is 0.248. The lowest BCUT2D eigenvalue weighted by atomic mass is 9.93. The SMILES string of the molecule is CS(=O)CCNC(=O)c1sc(NC2CCC2)nc1N. The summed E-state index contributed by atoms with van der Waals surface area (Å²) in [7, 11) is -0.911. The third-order valence-electron chi connectivity index (χ3n) is 2.97. The van der Waals surface area contributed by atoms with E-state index in [1.54, 1.807) is 6.26 Å². The summed E-state index contributed by atoms with van der Waals surface area (Å²) in [4.78, 5) is 16.5. The molecule has 1 amide bonds. The van der Waals surface area contributed by atoms with Crippen molar-refractivity contribution in [2.24, 2.45) is 0 Å². The van der Waals surface area contributed by atoms with E-state index in [-0.39, 0.29) is 11.7 Å². The van der Waals surface area contributed by atoms with Crippen molar-refractivity contribution in [2.75, 3.05) is 29.6 Å². The van der Waals surface area contributed by atoms with E-state index in [2.05, 4.69) is 15.6 Å². The van der Waals surface area contributed by atoms with Gasteiger partial charge in [0, 0.05) is 35.4 Å². The summed E-state index contributed by atoms with van der Waals surface area (Å²) in [5, 5.41) is 6.66. The number of nitrogens with two attached hydrogens (primary N) is 1. The van der Waals surface area contributed by atoms with Gasteiger partial charge in [-0.1, -0.05) is 11.3 Å². The molecule has 6 nitrogen and oxygen atoms in total. The first kappa shape index (κ1) is 14.3. The molecule has 1 unspecified atom stereocenters. The van der Waals surface area contributed by atoms with Crippen LogP contribution in [0.15, 0.2) is 0 Å². The summed E-state index contributed by atoms with van der Waals surface area (Å²) in [5.74, 6) is 0.446. The fourth-order valence-corrected chi connectivity index (χ4v) is 2.94. The van der Waals surface area contributed by atoms with Crippen molar-refractivity contribution in [1.82, 2.24) is 10.3 Å². The van der Waals surface area contributed by atoms with Crippen LogP contribution in [0.3, 0.4) is 0 Å². The molecule has 1 aromatic heterocycles. The first-order valence-corrected chi connectivity index (χ1v) is 8.71. The molecule has 1 fully saturated rings. The number of nitrogens with one attached hydrogen (secondary N) is 2. The van der Waals surface area contributed by atoms with E-state index >= 15 is 0 Å². The summed E-state index contributed by atoms with van der Waals surface area (Å²) in [6.07, 6.45) is 5.13. The number of nitrogen functional groups attached to an aromatic ring is 1. The van der Waals surface area contributed by atoms with Gasteiger partial charge in [0.15, 0.2) is 5.13 Å². The van der Waals surface area contributed by atoms with Gasteiger partial charge in [-0.2, -0.15) is 0 Å². The number of amides is 1. The van der Waals surface area contributed by atoms with E-state index in [0.29, 0.717) is 28.3 Å². The van der Waals surface area contributed by atoms with Gasteiger partial charge < -0.3 is 16.4 Å². The minimum atomic E-state index is -0.911. The van der Waals surface area contributed by atoms with Crippen molar-refractivity contribution in [1.29, 1.82) is 0 Å². The Hall–Kier alpha value is -1.15. The molecule has 0 saturated heterocycles. The van der Waals surface area contributed by atoms with E-state index in [1.807, 2.05) is 0 Å². The normalized spacial score (nSPS) is 16.7. The zero-order valence-corrected chi connectivity index (χ0v) is 12.4. The number of carbonyl (C=O) groups excluding carboxylic acids is 1. The highest BCUT2D eigenvalue weighted by atomic mass is 32.2. The number of carbonyl (C=O) groups is 1. The lowest BCUT2D eigenvalue weighted by Gasteiger charge is -2.25. The van der Waals surface area contributed by atoms with E-state index in [1.165, 1.54) is 17.8 Å². The van der Waals surface area contributed by atoms with E-state index < -0.39 is 10.8 Å². The third kappa shape index (κ3) is 3.90. The van der Waals surface area contributed by atoms with Crippen LogP contribution < -0.4 is 16.4 Å². The number of aromatic nitrogens is 1. The van der Waals surface area contributed by atoms with Gasteiger partial charge in [0.05, 0.1) is 0 Å². The van der Waals surface area contributed by atoms with Crippen LogP contribution in [0.1, 0.15) is 28.9 Å². The van der Waals surface area contributed by atoms with Gasteiger partial charge in [-0.25, -0.2) is 4.98 Å². The predicted octanol–water partition coefficient (Wildman–Crippen LogP) is 0.798. The van der Waals surface area contributed by atoms with Crippen LogP contribution >= 0.6 is 11.3 Å². The number of rotatable bonds is 6. The lowest BCUT2D eigenvalue weighted by Crippen LogP contribution is -2.27. The van der Waals surface area contributed by atoms with E-state index in [9.17, 15) is 9.00 Å². The van der Waals surface area contributed by atoms with Crippen LogP contribution in [0.25, 0.3) is 0 Å². The standard InChI is InChI=1S/C11H18N4O2S2/c1-19(17)6-5-13-10(16)8-9(12)15-11(18-8)14-7-3-2-4-7/h7H,2-6,12H2,1H3,(H,13,16)(H,14,15). The minimum Gasteiger partial charge on any atom is -0.382 e. The second-order valence-corrected chi connectivity index (χ2v) is 7.09. The maximum Gasteiger partial charge on any atom is 0.265 e. The maximum atomic E-state index is 11.9. The molecule has 2 rings (SSSR count). The van der Waals surface area contributed by atoms with Gasteiger partial charge in [0.25, 0.3) is 5.91 Å². The molecule has 4 N–H and O–H groups in total. The van der Waals surface area contributed by atoms with Crippen LogP contribution in [0, 0.1) is 0 Å². The number of nitrogens with zero attached hydrogens (tertiary/aromatic N) is 1. The molecule has 19 heavy (non-hydrogen) atoms. The molecule has 0 spiro atoms. The average Bonchev–Trinajstić information content (AvgIpc) is 2.64. The van der Waals surface area contributed by atoms with Crippen molar-refractivity contribution in [3.8, 4) is 0 Å². The Balaban J connectivity index is 1.91. The molecule has 0 aromatic carbocycles. The Morgan fingerprint density at radius 2 is 2.32 bits per heavy atom. The summed E-state index contributed by atoms with van der Waals surface area (Å²) < 4.78 is 10.9. The van der Waals surface area contributed by atoms with Crippen LogP contribution in [0.2, 0.25) is 0 Å². The summed E-state index contributed by atoms with van der Waals surface area (Å²) in [6.45, 7) is 0.380. The summed E-state index contributed by atoms with van der Waals surface area (Å²) in [6, 6.07) is 0.462. The fourth-order valence-electron chi connectivity index (χ4n) is 1.67. The summed E-state index contributed by atoms with van der Waals surface area (Å²) in [5.41, 5.74) is 5.75. The Bertz CT molecular complexity index is 485. The van der Waals surface area contributed by atoms with Gasteiger partial charge in [-0.15, -0.1) is 0 Å². The zero-order valence-electron chi connectivity index (χ0n) is 10.8. The second kappa shape index (κ2) is 6.33. The topological polar surface area (TPSA) is 97.1 Å². The zero-order chi connectivity index (χ0) is 13.8. The van der Waals surface area contributed by atoms with E-state index in [0.717, 1.165) is 12.8 Å². The average molecular weight is 302 g/mol. The van der Waals surface area contributed by atoms with Crippen LogP contribution in [0.5, 0.6) is 0 Å². The monoisotopic (exact) mass is 302 g/mol. The second-order valence-electron chi connectivity index (χ2n) is 4.54. The van der Waals surface area contributed by atoms with Gasteiger partial charge >= 0.3 is 0 Å². The number of hydrogen-bond acceptors (Lipinski definition) is 6. The lowest BCUT2D eigenvalue weighted by molar-refractivity contribution is 0.0961. The number of anilines is 2. The molecular weight excluding hydrogens is 284 g/mol. The van der Waals surface area contributed by atoms with Gasteiger partial charge in [-0.05, 0) is 19.3 Å². The Morgan fingerprint density at radius 1 is 1.58 bits per heavy atom. The van der Waals surface area contributed by atoms with Gasteiger partial charge in [-0.3, -0.25) is 9.00 Å². The molecule has 1 atom stereocenters. The third-order valence-corrected chi connectivity index (χ3v) is 4.75. The fraction of sp³-hybridized carbons (Fsp3) is 0.636. The van der Waals surface area contributed by atoms with Crippen molar-refractivity contribution >= 4 is 39.0 Å². The van der Waals surface area contributed by atoms with Crippen molar-refractivity contribution in [2.45, 2.75) is 25.3 Å². The molecule has 1 heterocycles. The highest BCUT2D eigenvalue weighted by molar-refractivity contribution is 7.84. The number of thiazole rings is 1. The number of hydrogen-bond donors (Lipinski definition) is 3. The predicted molar refractivity (Wildman–Crippen MR) is 79.1 cm³/mol. The molecule has 0 bridgehead atoms. The van der Waals surface area contributed by atoms with Crippen LogP contribution in [0.4, 0.5) is 10.9 Å². The van der Waals surface area contributed by atoms with Crippen molar-refractivity contribution in [3.63, 3.8) is 0 Å². The molecule has 1 saturated carbocycles. The maximum absolute atomic E-state index is 11.9. The van der Waals surface area contributed by atoms with Gasteiger partial charge in [0.2, 0.25) is 0 Å². The quantitative estimate of drug-likeness (QED) is 0.722. The highest BCUT2D eigenvalue weighted by Crippen LogP contribution is 2.29. The highest BCUT2D eigenvalue weighted by Gasteiger charge is 2.21. The van der Waals surface area contributed by atoms with Crippen molar-refractivity contribution < 1.29 is 9.00 Å². The van der Waals surface area contributed by atoms with Crippen LogP contribution in [-0.2, 0) is 10.8 Å². The first-order chi connectivity index (χ1) is 9.06. The largest absolute Gasteiger partial charge is 0.382 e. The Kier molecular flexibility index (Phi) is 4.76.